The predicted octanol–water partition coefficient (Wildman–Crippen LogP) is 1.81. The molecule has 0 atom stereocenters. The Morgan fingerprint density at radius 3 is 0.623 bits per heavy atom. The molecule has 6 heterocycles. The Balaban J connectivity index is 1.24. The van der Waals surface area contributed by atoms with E-state index in [0.29, 0.717) is 34.6 Å². The van der Waals surface area contributed by atoms with E-state index in [1.807, 2.05) is 0 Å². The first kappa shape index (κ1) is 36.8. The minimum absolute atomic E-state index is 0.0300. The number of carbonyl (C=O) groups excluding carboxylic acids is 6. The van der Waals surface area contributed by atoms with Crippen LogP contribution in [0.1, 0.15) is 41.5 Å². The van der Waals surface area contributed by atoms with Gasteiger partial charge in [-0.2, -0.15) is 0 Å². The lowest BCUT2D eigenvalue weighted by molar-refractivity contribution is -0.172. The van der Waals surface area contributed by atoms with Gasteiger partial charge in [0.2, 0.25) is 34.6 Å². The summed E-state index contributed by atoms with van der Waals surface area (Å²) in [4.78, 5) is 76.1. The molecule has 19 nitrogen and oxygen atoms in total. The number of hydrogen-bond donors (Lipinski definition) is 0. The molecule has 0 aliphatic carbocycles. The summed E-state index contributed by atoms with van der Waals surface area (Å²) < 4.78 is 69.2. The number of ether oxygens (including phenoxy) is 13. The molecule has 0 bridgehead atoms. The summed E-state index contributed by atoms with van der Waals surface area (Å²) in [6.07, 6.45) is 0. The molecule has 0 aromatic heterocycles. The minimum atomic E-state index is -1.61. The van der Waals surface area contributed by atoms with E-state index < -0.39 is 99.5 Å². The maximum Gasteiger partial charge on any atom is 0.377 e. The van der Waals surface area contributed by atoms with Crippen molar-refractivity contribution in [1.29, 1.82) is 0 Å². The van der Waals surface area contributed by atoms with E-state index in [-0.39, 0.29) is 34.6 Å². The predicted molar refractivity (Wildman–Crippen MR) is 164 cm³/mol. The largest absolute Gasteiger partial charge is 0.459 e. The molecule has 0 amide bonds. The van der Waals surface area contributed by atoms with E-state index in [4.69, 9.17) is 61.6 Å². The molecule has 0 fully saturated rings. The first-order chi connectivity index (χ1) is 25.1. The van der Waals surface area contributed by atoms with E-state index in [9.17, 15) is 28.8 Å². The Labute approximate surface area is 300 Å². The topological polar surface area (TPSA) is 242 Å². The zero-order valence-corrected chi connectivity index (χ0v) is 29.4. The highest BCUT2D eigenvalue weighted by molar-refractivity contribution is 5.92. The molecule has 53 heavy (non-hydrogen) atoms. The molecule has 0 unspecified atom stereocenters. The van der Waals surface area contributed by atoms with E-state index >= 15 is 0 Å². The molecule has 6 rings (SSSR count). The smallest absolute Gasteiger partial charge is 0.377 e. The lowest BCUT2D eigenvalue weighted by Gasteiger charge is -2.35. The highest BCUT2D eigenvalue weighted by Gasteiger charge is 2.45. The van der Waals surface area contributed by atoms with E-state index in [1.165, 1.54) is 0 Å². The molecular formula is C34H34O19. The summed E-state index contributed by atoms with van der Waals surface area (Å²) in [6, 6.07) is 0. The summed E-state index contributed by atoms with van der Waals surface area (Å²) in [5, 5.41) is 0. The third-order valence-corrected chi connectivity index (χ3v) is 8.19. The first-order valence-corrected chi connectivity index (χ1v) is 16.0. The third kappa shape index (κ3) is 9.28. The van der Waals surface area contributed by atoms with Crippen molar-refractivity contribution in [3.63, 3.8) is 0 Å². The van der Waals surface area contributed by atoms with Gasteiger partial charge in [-0.05, 0) is 41.5 Å². The van der Waals surface area contributed by atoms with Crippen molar-refractivity contribution < 1.29 is 90.3 Å². The van der Waals surface area contributed by atoms with Crippen LogP contribution in [0.5, 0.6) is 0 Å². The van der Waals surface area contributed by atoms with E-state index in [1.54, 1.807) is 41.5 Å². The molecule has 6 aliphatic heterocycles. The summed E-state index contributed by atoms with van der Waals surface area (Å²) in [5.74, 6) is -3.20. The molecule has 0 aromatic rings. The molecule has 284 valence electrons. The zero-order valence-electron chi connectivity index (χ0n) is 29.4. The lowest BCUT2D eigenvalue weighted by atomic mass is 9.90. The Kier molecular flexibility index (Phi) is 9.87. The highest BCUT2D eigenvalue weighted by atomic mass is 16.6. The third-order valence-electron chi connectivity index (χ3n) is 8.19. The second-order valence-electron chi connectivity index (χ2n) is 12.9. The van der Waals surface area contributed by atoms with Crippen LogP contribution in [-0.2, 0) is 90.3 Å². The van der Waals surface area contributed by atoms with Gasteiger partial charge in [0.05, 0.1) is 24.0 Å². The van der Waals surface area contributed by atoms with Crippen LogP contribution < -0.4 is 0 Å². The number of carbonyl (C=O) groups is 6. The van der Waals surface area contributed by atoms with Gasteiger partial charge in [0.25, 0.3) is 0 Å². The monoisotopic (exact) mass is 746 g/mol. The van der Waals surface area contributed by atoms with Gasteiger partial charge in [0.1, 0.15) is 39.6 Å². The van der Waals surface area contributed by atoms with Crippen molar-refractivity contribution in [2.45, 2.75) is 41.5 Å². The summed E-state index contributed by atoms with van der Waals surface area (Å²) in [5.41, 5.74) is -3.21. The first-order valence-electron chi connectivity index (χ1n) is 16.0. The van der Waals surface area contributed by atoms with Gasteiger partial charge >= 0.3 is 35.8 Å². The van der Waals surface area contributed by atoms with Crippen LogP contribution in [0.4, 0.5) is 0 Å². The molecular weight excluding hydrogens is 712 g/mol. The summed E-state index contributed by atoms with van der Waals surface area (Å²) >= 11 is 0. The normalized spacial score (nSPS) is 17.3. The summed E-state index contributed by atoms with van der Waals surface area (Å²) in [7, 11) is 0. The van der Waals surface area contributed by atoms with Crippen molar-refractivity contribution in [3.05, 3.63) is 69.1 Å². The molecule has 0 saturated carbocycles. The Morgan fingerprint density at radius 1 is 0.340 bits per heavy atom. The second-order valence-corrected chi connectivity index (χ2v) is 12.9. The summed E-state index contributed by atoms with van der Waals surface area (Å²) in [6.45, 7) is 5.06. The molecule has 0 saturated heterocycles. The highest BCUT2D eigenvalue weighted by Crippen LogP contribution is 2.34. The van der Waals surface area contributed by atoms with E-state index in [0.717, 1.165) is 0 Å². The Bertz CT molecular complexity index is 1550. The standard InChI is InChI=1S/C34H34O19/c1-15-21(48-15)27(35)42-9-33(10-43-28(36)22-16(2)49-22,11-44-29(37)23-17(3)50-23)7-41-8-34(12-45-30(38)24-18(4)51-24,13-46-31(39)25-19(5)52-25)14-47-32(40)26-20(6)53-26/h7-14H2,1-6H3. The fraction of sp³-hybridized carbons (Fsp3) is 0.471. The van der Waals surface area contributed by atoms with Gasteiger partial charge < -0.3 is 61.6 Å². The SMILES string of the molecule is CC1=C(C(=O)OCC(COCC(COC(=O)C2=C(C)O2)(COC(=O)C2=C(C)O2)COC(=O)C2=C(C)O2)(COC(=O)C2=C(C)O2)COC(=O)C2=C(C)O2)O1. The average molecular weight is 747 g/mol. The van der Waals surface area contributed by atoms with Crippen LogP contribution in [0, 0.1) is 10.8 Å². The van der Waals surface area contributed by atoms with Gasteiger partial charge in [-0.15, -0.1) is 0 Å². The average Bonchev–Trinajstić information content (AvgIpc) is 3.89. The van der Waals surface area contributed by atoms with Gasteiger partial charge in [0.15, 0.2) is 34.6 Å². The fourth-order valence-corrected chi connectivity index (χ4v) is 4.57. The van der Waals surface area contributed by atoms with Crippen molar-refractivity contribution in [2.24, 2.45) is 10.8 Å². The van der Waals surface area contributed by atoms with Crippen LogP contribution in [0.15, 0.2) is 69.1 Å². The van der Waals surface area contributed by atoms with Crippen LogP contribution in [0.25, 0.3) is 0 Å². The number of esters is 6. The van der Waals surface area contributed by atoms with Crippen LogP contribution in [0.2, 0.25) is 0 Å². The van der Waals surface area contributed by atoms with Gasteiger partial charge in [-0.3, -0.25) is 0 Å². The molecule has 19 heteroatoms. The van der Waals surface area contributed by atoms with Gasteiger partial charge in [-0.25, -0.2) is 28.8 Å². The number of hydrogen-bond acceptors (Lipinski definition) is 19. The van der Waals surface area contributed by atoms with Crippen molar-refractivity contribution >= 4 is 35.8 Å². The molecule has 0 spiro atoms. The number of allylic oxidation sites excluding steroid dienone is 6. The minimum Gasteiger partial charge on any atom is -0.459 e. The Hall–Kier alpha value is -5.98. The van der Waals surface area contributed by atoms with Crippen molar-refractivity contribution in [2.75, 3.05) is 52.9 Å². The molecule has 0 N–H and O–H groups in total. The van der Waals surface area contributed by atoms with Crippen molar-refractivity contribution in [3.8, 4) is 0 Å². The molecule has 6 aliphatic rings. The number of rotatable bonds is 22. The Morgan fingerprint density at radius 2 is 0.491 bits per heavy atom. The van der Waals surface area contributed by atoms with E-state index in [2.05, 4.69) is 0 Å². The lowest BCUT2D eigenvalue weighted by Crippen LogP contribution is -2.47. The maximum atomic E-state index is 12.7. The van der Waals surface area contributed by atoms with Crippen molar-refractivity contribution in [1.82, 2.24) is 0 Å². The molecule has 0 radical (unpaired) electrons. The quantitative estimate of drug-likeness (QED) is 0.113. The van der Waals surface area contributed by atoms with Crippen LogP contribution in [-0.4, -0.2) is 88.7 Å². The zero-order chi connectivity index (χ0) is 38.2. The fourth-order valence-electron chi connectivity index (χ4n) is 4.57. The maximum absolute atomic E-state index is 12.7. The van der Waals surface area contributed by atoms with Gasteiger partial charge in [0, 0.05) is 0 Å². The second kappa shape index (κ2) is 14.2. The van der Waals surface area contributed by atoms with Crippen LogP contribution >= 0.6 is 0 Å². The van der Waals surface area contributed by atoms with Gasteiger partial charge in [-0.1, -0.05) is 0 Å². The van der Waals surface area contributed by atoms with Crippen LogP contribution in [0.3, 0.4) is 0 Å². The molecule has 0 aromatic carbocycles.